The lowest BCUT2D eigenvalue weighted by atomic mass is 9.91. The lowest BCUT2D eigenvalue weighted by Gasteiger charge is -2.34. The lowest BCUT2D eigenvalue weighted by Crippen LogP contribution is -2.45. The third kappa shape index (κ3) is 3.30. The third-order valence-electron chi connectivity index (χ3n) is 5.04. The second-order valence-electron chi connectivity index (χ2n) is 6.66. The van der Waals surface area contributed by atoms with Crippen molar-refractivity contribution in [1.82, 2.24) is 4.90 Å². The van der Waals surface area contributed by atoms with Gasteiger partial charge in [0.1, 0.15) is 17.3 Å². The molecule has 1 fully saturated rings. The van der Waals surface area contributed by atoms with Crippen molar-refractivity contribution in [2.24, 2.45) is 0 Å². The summed E-state index contributed by atoms with van der Waals surface area (Å²) in [5.74, 6) is 1.84. The molecule has 1 amide bonds. The standard InChI is InChI=1S/C22H21NO6/c1-26-17-9-5-15(6-10-17)20-22(25,16-7-11-18(27-2)12-8-16)23(21(24)29-20)14-19-4-3-13-28-19/h3-13,20,25H,14H2,1-2H3/t20-,22+/m1/s1. The molecule has 2 aromatic carbocycles. The van der Waals surface area contributed by atoms with Crippen LogP contribution in [0.5, 0.6) is 11.5 Å². The second kappa shape index (κ2) is 7.52. The van der Waals surface area contributed by atoms with E-state index >= 15 is 0 Å². The molecule has 1 aliphatic rings. The van der Waals surface area contributed by atoms with Crippen molar-refractivity contribution < 1.29 is 28.5 Å². The predicted molar refractivity (Wildman–Crippen MR) is 103 cm³/mol. The highest BCUT2D eigenvalue weighted by atomic mass is 16.6. The molecule has 4 rings (SSSR count). The number of benzene rings is 2. The van der Waals surface area contributed by atoms with E-state index in [1.165, 1.54) is 11.2 Å². The van der Waals surface area contributed by atoms with Crippen molar-refractivity contribution in [3.05, 3.63) is 83.8 Å². The van der Waals surface area contributed by atoms with E-state index < -0.39 is 17.9 Å². The number of carbonyl (C=O) groups excluding carboxylic acids is 1. The van der Waals surface area contributed by atoms with E-state index in [-0.39, 0.29) is 6.54 Å². The number of amides is 1. The highest BCUT2D eigenvalue weighted by molar-refractivity contribution is 5.72. The van der Waals surface area contributed by atoms with Crippen molar-refractivity contribution in [1.29, 1.82) is 0 Å². The average molecular weight is 395 g/mol. The van der Waals surface area contributed by atoms with Crippen molar-refractivity contribution in [2.45, 2.75) is 18.4 Å². The summed E-state index contributed by atoms with van der Waals surface area (Å²) < 4.78 is 21.4. The van der Waals surface area contributed by atoms with Gasteiger partial charge >= 0.3 is 6.09 Å². The van der Waals surface area contributed by atoms with E-state index in [4.69, 9.17) is 18.6 Å². The van der Waals surface area contributed by atoms with Gasteiger partial charge in [0, 0.05) is 5.56 Å². The molecule has 1 N–H and O–H groups in total. The topological polar surface area (TPSA) is 81.4 Å². The molecule has 150 valence electrons. The predicted octanol–water partition coefficient (Wildman–Crippen LogP) is 3.84. The Balaban J connectivity index is 1.79. The molecule has 0 radical (unpaired) electrons. The quantitative estimate of drug-likeness (QED) is 0.683. The molecule has 7 nitrogen and oxygen atoms in total. The average Bonchev–Trinajstić information content (AvgIpc) is 3.37. The number of methoxy groups -OCH3 is 2. The largest absolute Gasteiger partial charge is 0.497 e. The van der Waals surface area contributed by atoms with Gasteiger partial charge in [-0.05, 0) is 42.0 Å². The minimum absolute atomic E-state index is 0.0566. The highest BCUT2D eigenvalue weighted by Crippen LogP contribution is 2.47. The summed E-state index contributed by atoms with van der Waals surface area (Å²) in [5.41, 5.74) is -0.610. The summed E-state index contributed by atoms with van der Waals surface area (Å²) >= 11 is 0. The molecular formula is C22H21NO6. The first-order chi connectivity index (χ1) is 14.1. The zero-order valence-electron chi connectivity index (χ0n) is 16.1. The Hall–Kier alpha value is -3.45. The van der Waals surface area contributed by atoms with Crippen LogP contribution in [0.2, 0.25) is 0 Å². The second-order valence-corrected chi connectivity index (χ2v) is 6.66. The van der Waals surface area contributed by atoms with E-state index in [0.717, 1.165) is 0 Å². The molecule has 0 unspecified atom stereocenters. The van der Waals surface area contributed by atoms with Gasteiger partial charge in [0.2, 0.25) is 5.72 Å². The van der Waals surface area contributed by atoms with E-state index in [1.54, 1.807) is 74.9 Å². The van der Waals surface area contributed by atoms with Gasteiger partial charge in [-0.3, -0.25) is 4.90 Å². The van der Waals surface area contributed by atoms with E-state index in [0.29, 0.717) is 28.4 Å². The molecule has 0 aliphatic carbocycles. The van der Waals surface area contributed by atoms with Crippen molar-refractivity contribution in [3.8, 4) is 11.5 Å². The lowest BCUT2D eigenvalue weighted by molar-refractivity contribution is -0.114. The van der Waals surface area contributed by atoms with Crippen molar-refractivity contribution in [3.63, 3.8) is 0 Å². The van der Waals surface area contributed by atoms with Gasteiger partial charge < -0.3 is 23.7 Å². The zero-order valence-corrected chi connectivity index (χ0v) is 16.1. The van der Waals surface area contributed by atoms with Crippen LogP contribution in [0.15, 0.2) is 71.3 Å². The van der Waals surface area contributed by atoms with Gasteiger partial charge in [0.05, 0.1) is 27.0 Å². The van der Waals surface area contributed by atoms with Gasteiger partial charge in [-0.15, -0.1) is 0 Å². The van der Waals surface area contributed by atoms with E-state index in [9.17, 15) is 9.90 Å². The van der Waals surface area contributed by atoms with Gasteiger partial charge in [-0.1, -0.05) is 24.3 Å². The number of furan rings is 1. The van der Waals surface area contributed by atoms with Crippen LogP contribution in [-0.4, -0.2) is 30.3 Å². The Morgan fingerprint density at radius 2 is 1.62 bits per heavy atom. The van der Waals surface area contributed by atoms with Crippen LogP contribution in [0, 0.1) is 0 Å². The Kier molecular flexibility index (Phi) is 4.90. The molecule has 1 saturated heterocycles. The van der Waals surface area contributed by atoms with E-state index in [2.05, 4.69) is 0 Å². The minimum Gasteiger partial charge on any atom is -0.497 e. The van der Waals surface area contributed by atoms with Crippen LogP contribution in [0.3, 0.4) is 0 Å². The third-order valence-corrected chi connectivity index (χ3v) is 5.04. The number of aliphatic hydroxyl groups is 1. The number of nitrogens with zero attached hydrogens (tertiary/aromatic N) is 1. The zero-order chi connectivity index (χ0) is 20.4. The Morgan fingerprint density at radius 3 is 2.17 bits per heavy atom. The molecule has 7 heteroatoms. The van der Waals surface area contributed by atoms with Crippen LogP contribution in [-0.2, 0) is 17.0 Å². The maximum absolute atomic E-state index is 12.8. The Morgan fingerprint density at radius 1 is 1.00 bits per heavy atom. The summed E-state index contributed by atoms with van der Waals surface area (Å²) in [6, 6.07) is 17.4. The summed E-state index contributed by atoms with van der Waals surface area (Å²) in [4.78, 5) is 14.0. The monoisotopic (exact) mass is 395 g/mol. The molecule has 1 aliphatic heterocycles. The fourth-order valence-corrected chi connectivity index (χ4v) is 3.49. The first kappa shape index (κ1) is 18.9. The van der Waals surface area contributed by atoms with Gasteiger partial charge in [-0.2, -0.15) is 0 Å². The molecule has 0 spiro atoms. The number of carbonyl (C=O) groups is 1. The smallest absolute Gasteiger partial charge is 0.413 e. The number of cyclic esters (lactones) is 1. The van der Waals surface area contributed by atoms with Crippen LogP contribution in [0.4, 0.5) is 4.79 Å². The number of hydrogen-bond donors (Lipinski definition) is 1. The van der Waals surface area contributed by atoms with Crippen LogP contribution in [0.25, 0.3) is 0 Å². The SMILES string of the molecule is COc1ccc([C@H]2OC(=O)N(Cc3ccco3)[C@]2(O)c2ccc(OC)cc2)cc1. The summed E-state index contributed by atoms with van der Waals surface area (Å²) in [7, 11) is 3.14. The number of hydrogen-bond acceptors (Lipinski definition) is 6. The molecule has 2 atom stereocenters. The molecule has 2 heterocycles. The summed E-state index contributed by atoms with van der Waals surface area (Å²) in [6.45, 7) is 0.0566. The molecule has 3 aromatic rings. The van der Waals surface area contributed by atoms with Crippen LogP contribution < -0.4 is 9.47 Å². The number of ether oxygens (including phenoxy) is 3. The molecule has 1 aromatic heterocycles. The van der Waals surface area contributed by atoms with Crippen LogP contribution >= 0.6 is 0 Å². The molecule has 29 heavy (non-hydrogen) atoms. The minimum atomic E-state index is -1.75. The summed E-state index contributed by atoms with van der Waals surface area (Å²) in [5, 5.41) is 11.9. The molecule has 0 saturated carbocycles. The normalized spacial score (nSPS) is 21.1. The summed E-state index contributed by atoms with van der Waals surface area (Å²) in [6.07, 6.45) is -0.0609. The van der Waals surface area contributed by atoms with Crippen molar-refractivity contribution in [2.75, 3.05) is 14.2 Å². The number of rotatable bonds is 6. The van der Waals surface area contributed by atoms with Gasteiger partial charge in [0.25, 0.3) is 0 Å². The Bertz CT molecular complexity index is 968. The maximum atomic E-state index is 12.8. The molecule has 0 bridgehead atoms. The van der Waals surface area contributed by atoms with Gasteiger partial charge in [0.15, 0.2) is 6.10 Å². The first-order valence-electron chi connectivity index (χ1n) is 9.07. The maximum Gasteiger partial charge on any atom is 0.413 e. The van der Waals surface area contributed by atoms with Gasteiger partial charge in [-0.25, -0.2) is 4.79 Å². The van der Waals surface area contributed by atoms with Crippen molar-refractivity contribution >= 4 is 6.09 Å². The highest BCUT2D eigenvalue weighted by Gasteiger charge is 2.56. The first-order valence-corrected chi connectivity index (χ1v) is 9.07. The fraction of sp³-hybridized carbons (Fsp3) is 0.227. The molecular weight excluding hydrogens is 374 g/mol. The fourth-order valence-electron chi connectivity index (χ4n) is 3.49. The van der Waals surface area contributed by atoms with E-state index in [1.807, 2.05) is 0 Å². The Labute approximate surface area is 168 Å². The van der Waals surface area contributed by atoms with Crippen LogP contribution in [0.1, 0.15) is 23.0 Å².